The number of benzene rings is 1. The van der Waals surface area contributed by atoms with Gasteiger partial charge in [-0.25, -0.2) is 13.4 Å². The molecule has 8 heteroatoms. The van der Waals surface area contributed by atoms with Crippen LogP contribution in [0.4, 0.5) is 0 Å². The van der Waals surface area contributed by atoms with E-state index in [0.717, 1.165) is 28.3 Å². The zero-order chi connectivity index (χ0) is 19.9. The first-order valence-corrected chi connectivity index (χ1v) is 11.7. The predicted molar refractivity (Wildman–Crippen MR) is 108 cm³/mol. The molecule has 0 amide bonds. The summed E-state index contributed by atoms with van der Waals surface area (Å²) in [5, 5.41) is 10.0. The molecule has 0 saturated heterocycles. The van der Waals surface area contributed by atoms with Crippen molar-refractivity contribution >= 4 is 38.6 Å². The molecule has 1 N–H and O–H groups in total. The minimum Gasteiger partial charge on any atom is -0.481 e. The normalized spacial score (nSPS) is 16.8. The third kappa shape index (κ3) is 3.42. The second-order valence-corrected chi connectivity index (χ2v) is 10.1. The number of pyridine rings is 1. The smallest absolute Gasteiger partial charge is 0.304 e. The fraction of sp³-hybridized carbons (Fsp3) is 0.300. The van der Waals surface area contributed by atoms with Crippen molar-refractivity contribution in [3.8, 4) is 0 Å². The Kier molecular flexibility index (Phi) is 4.93. The maximum absolute atomic E-state index is 12.5. The van der Waals surface area contributed by atoms with Crippen LogP contribution in [0.1, 0.15) is 30.9 Å². The third-order valence-electron chi connectivity index (χ3n) is 5.00. The maximum atomic E-state index is 12.5. The SMILES string of the molecule is CS(=O)(=O)c1ccnc2c1c(Sc1ccccc1)c1n2CCCC1CC(=O)O. The molecule has 0 aliphatic carbocycles. The Morgan fingerprint density at radius 2 is 2.04 bits per heavy atom. The minimum atomic E-state index is -3.47. The average Bonchev–Trinajstić information content (AvgIpc) is 2.96. The highest BCUT2D eigenvalue weighted by molar-refractivity contribution is 7.99. The molecular weight excluding hydrogens is 396 g/mol. The molecule has 1 aromatic carbocycles. The van der Waals surface area contributed by atoms with Crippen LogP contribution in [0.5, 0.6) is 0 Å². The molecule has 0 saturated carbocycles. The quantitative estimate of drug-likeness (QED) is 0.678. The van der Waals surface area contributed by atoms with Gasteiger partial charge in [-0.2, -0.15) is 0 Å². The van der Waals surface area contributed by atoms with Crippen molar-refractivity contribution in [1.29, 1.82) is 0 Å². The first kappa shape index (κ1) is 19.0. The fourth-order valence-corrected chi connectivity index (χ4v) is 6.06. The molecule has 3 heterocycles. The number of rotatable bonds is 5. The number of aryl methyl sites for hydroxylation is 1. The lowest BCUT2D eigenvalue weighted by Crippen LogP contribution is -2.18. The highest BCUT2D eigenvalue weighted by atomic mass is 32.2. The number of hydrogen-bond donors (Lipinski definition) is 1. The number of carboxylic acid groups (broad SMARTS) is 1. The van der Waals surface area contributed by atoms with E-state index in [1.807, 2.05) is 34.9 Å². The van der Waals surface area contributed by atoms with Gasteiger partial charge in [-0.3, -0.25) is 4.79 Å². The first-order valence-electron chi connectivity index (χ1n) is 9.02. The Bertz CT molecular complexity index is 1150. The molecule has 0 radical (unpaired) electrons. The summed E-state index contributed by atoms with van der Waals surface area (Å²) in [6.07, 6.45) is 4.34. The molecule has 146 valence electrons. The van der Waals surface area contributed by atoms with E-state index in [4.69, 9.17) is 0 Å². The van der Waals surface area contributed by atoms with E-state index < -0.39 is 15.8 Å². The van der Waals surface area contributed by atoms with Gasteiger partial charge in [-0.1, -0.05) is 30.0 Å². The van der Waals surface area contributed by atoms with E-state index in [-0.39, 0.29) is 17.2 Å². The number of nitrogens with zero attached hydrogens (tertiary/aromatic N) is 2. The molecule has 0 spiro atoms. The van der Waals surface area contributed by atoms with Crippen LogP contribution >= 0.6 is 11.8 Å². The van der Waals surface area contributed by atoms with Crippen LogP contribution in [-0.4, -0.2) is 35.3 Å². The summed E-state index contributed by atoms with van der Waals surface area (Å²) in [5.74, 6) is -1.02. The van der Waals surface area contributed by atoms with Crippen molar-refractivity contribution in [3.05, 3.63) is 48.3 Å². The Hall–Kier alpha value is -2.32. The second-order valence-electron chi connectivity index (χ2n) is 7.00. The number of carbonyl (C=O) groups is 1. The minimum absolute atomic E-state index is 0.0207. The molecule has 1 atom stereocenters. The van der Waals surface area contributed by atoms with Crippen molar-refractivity contribution in [2.24, 2.45) is 0 Å². The van der Waals surface area contributed by atoms with Crippen LogP contribution in [0.25, 0.3) is 11.0 Å². The first-order chi connectivity index (χ1) is 13.4. The summed E-state index contributed by atoms with van der Waals surface area (Å²) in [6, 6.07) is 11.2. The topological polar surface area (TPSA) is 89.3 Å². The molecule has 1 aliphatic heterocycles. The van der Waals surface area contributed by atoms with Crippen molar-refractivity contribution < 1.29 is 18.3 Å². The summed E-state index contributed by atoms with van der Waals surface area (Å²) < 4.78 is 27.0. The van der Waals surface area contributed by atoms with Crippen LogP contribution in [-0.2, 0) is 21.2 Å². The van der Waals surface area contributed by atoms with E-state index in [1.54, 1.807) is 0 Å². The number of aliphatic carboxylic acids is 1. The van der Waals surface area contributed by atoms with Crippen molar-refractivity contribution in [1.82, 2.24) is 9.55 Å². The van der Waals surface area contributed by atoms with Crippen molar-refractivity contribution in [2.45, 2.75) is 46.4 Å². The standard InChI is InChI=1S/C20H20N2O4S2/c1-28(25,26)15-9-10-21-20-17(15)19(27-14-7-3-2-4-8-14)18-13(12-16(23)24)6-5-11-22(18)20/h2-4,7-10,13H,5-6,11-12H2,1H3,(H,23,24). The molecule has 0 bridgehead atoms. The molecule has 4 rings (SSSR count). The van der Waals surface area contributed by atoms with E-state index in [9.17, 15) is 18.3 Å². The molecule has 3 aromatic rings. The Morgan fingerprint density at radius 3 is 2.71 bits per heavy atom. The molecule has 28 heavy (non-hydrogen) atoms. The van der Waals surface area contributed by atoms with Crippen LogP contribution in [0, 0.1) is 0 Å². The van der Waals surface area contributed by atoms with Gasteiger partial charge in [-0.15, -0.1) is 0 Å². The van der Waals surface area contributed by atoms with Gasteiger partial charge in [0, 0.05) is 40.4 Å². The Morgan fingerprint density at radius 1 is 1.29 bits per heavy atom. The van der Waals surface area contributed by atoms with Gasteiger partial charge in [0.25, 0.3) is 0 Å². The van der Waals surface area contributed by atoms with Crippen LogP contribution < -0.4 is 0 Å². The number of fused-ring (bicyclic) bond motifs is 3. The molecule has 6 nitrogen and oxygen atoms in total. The summed E-state index contributed by atoms with van der Waals surface area (Å²) in [7, 11) is -3.47. The van der Waals surface area contributed by atoms with Gasteiger partial charge in [0.2, 0.25) is 0 Å². The van der Waals surface area contributed by atoms with Crippen LogP contribution in [0.2, 0.25) is 0 Å². The number of hydrogen-bond acceptors (Lipinski definition) is 5. The lowest BCUT2D eigenvalue weighted by atomic mass is 9.93. The van der Waals surface area contributed by atoms with E-state index in [2.05, 4.69) is 4.98 Å². The lowest BCUT2D eigenvalue weighted by Gasteiger charge is -2.25. The largest absolute Gasteiger partial charge is 0.481 e. The van der Waals surface area contributed by atoms with Crippen molar-refractivity contribution in [2.75, 3.05) is 6.26 Å². The lowest BCUT2D eigenvalue weighted by molar-refractivity contribution is -0.137. The zero-order valence-electron chi connectivity index (χ0n) is 15.3. The van der Waals surface area contributed by atoms with Gasteiger partial charge in [-0.05, 0) is 31.0 Å². The Labute approximate surface area is 167 Å². The van der Waals surface area contributed by atoms with Crippen LogP contribution in [0.15, 0.2) is 57.3 Å². The Balaban J connectivity index is 2.03. The van der Waals surface area contributed by atoms with Gasteiger partial charge in [0.05, 0.1) is 16.7 Å². The summed E-state index contributed by atoms with van der Waals surface area (Å²) in [5.41, 5.74) is 1.51. The molecular formula is C20H20N2O4S2. The maximum Gasteiger partial charge on any atom is 0.304 e. The zero-order valence-corrected chi connectivity index (χ0v) is 17.0. The van der Waals surface area contributed by atoms with Gasteiger partial charge >= 0.3 is 5.97 Å². The third-order valence-corrected chi connectivity index (χ3v) is 7.27. The highest BCUT2D eigenvalue weighted by Gasteiger charge is 2.32. The fourth-order valence-electron chi connectivity index (χ4n) is 3.91. The van der Waals surface area contributed by atoms with Gasteiger partial charge in [0.1, 0.15) is 5.65 Å². The molecule has 0 fully saturated rings. The molecule has 2 aromatic heterocycles. The molecule has 1 aliphatic rings. The summed E-state index contributed by atoms with van der Waals surface area (Å²) in [4.78, 5) is 18.0. The van der Waals surface area contributed by atoms with Crippen LogP contribution in [0.3, 0.4) is 0 Å². The number of sulfone groups is 1. The summed E-state index contributed by atoms with van der Waals surface area (Å²) in [6.45, 7) is 0.706. The average molecular weight is 417 g/mol. The van der Waals surface area contributed by atoms with Gasteiger partial charge < -0.3 is 9.67 Å². The number of aromatic nitrogens is 2. The van der Waals surface area contributed by atoms with Gasteiger partial charge in [0.15, 0.2) is 9.84 Å². The number of carboxylic acids is 1. The monoisotopic (exact) mass is 416 g/mol. The van der Waals surface area contributed by atoms with Crippen molar-refractivity contribution in [3.63, 3.8) is 0 Å². The highest BCUT2D eigenvalue weighted by Crippen LogP contribution is 2.46. The predicted octanol–water partition coefficient (Wildman–Crippen LogP) is 3.94. The summed E-state index contributed by atoms with van der Waals surface area (Å²) >= 11 is 1.48. The second kappa shape index (κ2) is 7.25. The van der Waals surface area contributed by atoms with E-state index in [1.165, 1.54) is 30.3 Å². The van der Waals surface area contributed by atoms with E-state index in [0.29, 0.717) is 17.6 Å². The molecule has 1 unspecified atom stereocenters. The van der Waals surface area contributed by atoms with E-state index >= 15 is 0 Å².